The van der Waals surface area contributed by atoms with Gasteiger partial charge < -0.3 is 24.2 Å². The average molecular weight is 576 g/mol. The van der Waals surface area contributed by atoms with Crippen LogP contribution in [0.3, 0.4) is 0 Å². The number of nitrogens with one attached hydrogen (secondary N) is 1. The minimum absolute atomic E-state index is 0.0748. The maximum Gasteiger partial charge on any atom is 0.271 e. The molecule has 10 heteroatoms. The zero-order valence-corrected chi connectivity index (χ0v) is 23.6. The predicted molar refractivity (Wildman–Crippen MR) is 159 cm³/mol. The molecule has 0 fully saturated rings. The SMILES string of the molecule is COc1ccc(CCN(C)C(=O)COc2ccc(/C=N/NC(=O)c3ccc(O)c(Cl)c3)c3ccccc23)cc1OC. The van der Waals surface area contributed by atoms with E-state index in [1.807, 2.05) is 42.5 Å². The topological polar surface area (TPSA) is 110 Å². The van der Waals surface area contributed by atoms with Crippen LogP contribution in [0, 0.1) is 0 Å². The lowest BCUT2D eigenvalue weighted by Gasteiger charge is -2.18. The third-order valence-electron chi connectivity index (χ3n) is 6.46. The largest absolute Gasteiger partial charge is 0.506 e. The van der Waals surface area contributed by atoms with Gasteiger partial charge in [0.1, 0.15) is 11.5 Å². The van der Waals surface area contributed by atoms with Gasteiger partial charge >= 0.3 is 0 Å². The fourth-order valence-electron chi connectivity index (χ4n) is 4.11. The van der Waals surface area contributed by atoms with Crippen molar-refractivity contribution < 1.29 is 28.9 Å². The molecule has 4 aromatic rings. The van der Waals surface area contributed by atoms with Crippen LogP contribution in [0.2, 0.25) is 5.02 Å². The summed E-state index contributed by atoms with van der Waals surface area (Å²) in [6, 6.07) is 21.0. The molecule has 4 aromatic carbocycles. The Kier molecular flexibility index (Phi) is 9.65. The molecule has 0 unspecified atom stereocenters. The first-order valence-corrected chi connectivity index (χ1v) is 13.1. The van der Waals surface area contributed by atoms with Gasteiger partial charge in [0.05, 0.1) is 25.5 Å². The maximum absolute atomic E-state index is 12.8. The molecule has 0 saturated carbocycles. The normalized spacial score (nSPS) is 10.9. The Bertz CT molecular complexity index is 1590. The number of amides is 2. The fourth-order valence-corrected chi connectivity index (χ4v) is 4.29. The Balaban J connectivity index is 1.37. The van der Waals surface area contributed by atoms with Gasteiger partial charge in [-0.05, 0) is 59.8 Å². The summed E-state index contributed by atoms with van der Waals surface area (Å²) in [6.45, 7) is 0.390. The number of rotatable bonds is 11. The summed E-state index contributed by atoms with van der Waals surface area (Å²) in [5, 5.41) is 15.3. The molecule has 0 saturated heterocycles. The van der Waals surface area contributed by atoms with Gasteiger partial charge in [-0.25, -0.2) is 5.43 Å². The first-order valence-electron chi connectivity index (χ1n) is 12.7. The van der Waals surface area contributed by atoms with Crippen molar-refractivity contribution in [3.8, 4) is 23.0 Å². The molecule has 9 nitrogen and oxygen atoms in total. The smallest absolute Gasteiger partial charge is 0.271 e. The lowest BCUT2D eigenvalue weighted by molar-refractivity contribution is -0.132. The van der Waals surface area contributed by atoms with Crippen LogP contribution in [0.1, 0.15) is 21.5 Å². The van der Waals surface area contributed by atoms with Crippen molar-refractivity contribution in [1.82, 2.24) is 10.3 Å². The minimum atomic E-state index is -0.471. The predicted octanol–water partition coefficient (Wildman–Crippen LogP) is 5.06. The molecule has 41 heavy (non-hydrogen) atoms. The number of hydrogen-bond acceptors (Lipinski definition) is 7. The molecular formula is C31H30ClN3O6. The highest BCUT2D eigenvalue weighted by Crippen LogP contribution is 2.29. The number of phenolic OH excluding ortho intramolecular Hbond substituents is 1. The van der Waals surface area contributed by atoms with Gasteiger partial charge in [0, 0.05) is 30.1 Å². The Morgan fingerprint density at radius 2 is 1.68 bits per heavy atom. The number of hydrogen-bond donors (Lipinski definition) is 2. The van der Waals surface area contributed by atoms with E-state index in [0.29, 0.717) is 30.2 Å². The van der Waals surface area contributed by atoms with Crippen molar-refractivity contribution >= 4 is 40.4 Å². The number of hydrazone groups is 1. The monoisotopic (exact) mass is 575 g/mol. The number of carbonyl (C=O) groups excluding carboxylic acids is 2. The van der Waals surface area contributed by atoms with Gasteiger partial charge in [-0.2, -0.15) is 5.10 Å². The van der Waals surface area contributed by atoms with Crippen molar-refractivity contribution in [3.63, 3.8) is 0 Å². The number of methoxy groups -OCH3 is 2. The van der Waals surface area contributed by atoms with Crippen LogP contribution in [0.15, 0.2) is 77.9 Å². The van der Waals surface area contributed by atoms with Gasteiger partial charge in [-0.1, -0.05) is 41.9 Å². The first-order chi connectivity index (χ1) is 19.8. The zero-order chi connectivity index (χ0) is 29.4. The summed E-state index contributed by atoms with van der Waals surface area (Å²) in [7, 11) is 4.92. The van der Waals surface area contributed by atoms with Crippen LogP contribution < -0.4 is 19.6 Å². The molecule has 0 bridgehead atoms. The van der Waals surface area contributed by atoms with Crippen LogP contribution in [-0.2, 0) is 11.2 Å². The number of carbonyl (C=O) groups is 2. The standard InChI is InChI=1S/C31H30ClN3O6/c1-35(15-14-20-8-12-28(39-2)29(16-20)40-3)30(37)19-41-27-13-10-22(23-6-4-5-7-24(23)27)18-33-34-31(38)21-9-11-26(36)25(32)17-21/h4-13,16-18,36H,14-15,19H2,1-3H3,(H,34,38)/b33-18+. The van der Waals surface area contributed by atoms with E-state index in [1.54, 1.807) is 38.3 Å². The number of benzene rings is 4. The number of likely N-dealkylation sites (N-methyl/N-ethyl adjacent to an activating group) is 1. The number of ether oxygens (including phenoxy) is 3. The Labute approximate surface area is 242 Å². The molecule has 2 N–H and O–H groups in total. The van der Waals surface area contributed by atoms with Gasteiger partial charge in [0.2, 0.25) is 0 Å². The summed E-state index contributed by atoms with van der Waals surface area (Å²) < 4.78 is 16.6. The van der Waals surface area contributed by atoms with Crippen LogP contribution in [0.4, 0.5) is 0 Å². The third-order valence-corrected chi connectivity index (χ3v) is 6.76. The van der Waals surface area contributed by atoms with Crippen molar-refractivity contribution in [1.29, 1.82) is 0 Å². The number of nitrogens with zero attached hydrogens (tertiary/aromatic N) is 2. The molecule has 212 valence electrons. The molecule has 4 rings (SSSR count). The van der Waals surface area contributed by atoms with Crippen LogP contribution in [0.25, 0.3) is 10.8 Å². The summed E-state index contributed by atoms with van der Waals surface area (Å²) in [5.74, 6) is 1.12. The second-order valence-electron chi connectivity index (χ2n) is 9.11. The summed E-state index contributed by atoms with van der Waals surface area (Å²) >= 11 is 5.88. The average Bonchev–Trinajstić information content (AvgIpc) is 3.00. The second-order valence-corrected chi connectivity index (χ2v) is 9.51. The first kappa shape index (κ1) is 29.2. The molecule has 0 aliphatic rings. The van der Waals surface area contributed by atoms with E-state index in [2.05, 4.69) is 10.5 Å². The molecule has 0 aliphatic carbocycles. The molecule has 0 radical (unpaired) electrons. The Morgan fingerprint density at radius 1 is 0.951 bits per heavy atom. The van der Waals surface area contributed by atoms with Gasteiger partial charge in [-0.15, -0.1) is 0 Å². The van der Waals surface area contributed by atoms with E-state index >= 15 is 0 Å². The highest BCUT2D eigenvalue weighted by atomic mass is 35.5. The molecule has 0 aromatic heterocycles. The second kappa shape index (κ2) is 13.5. The molecule has 0 atom stereocenters. The van der Waals surface area contributed by atoms with Gasteiger partial charge in [0.15, 0.2) is 18.1 Å². The number of halogens is 1. The van der Waals surface area contributed by atoms with Gasteiger partial charge in [-0.3, -0.25) is 9.59 Å². The highest BCUT2D eigenvalue weighted by Gasteiger charge is 2.13. The molecular weight excluding hydrogens is 546 g/mol. The summed E-state index contributed by atoms with van der Waals surface area (Å²) in [4.78, 5) is 26.8. The van der Waals surface area contributed by atoms with E-state index in [1.165, 1.54) is 24.4 Å². The fraction of sp³-hybridized carbons (Fsp3) is 0.194. The van der Waals surface area contributed by atoms with E-state index in [0.717, 1.165) is 21.9 Å². The van der Waals surface area contributed by atoms with Crippen LogP contribution in [-0.4, -0.2) is 62.5 Å². The molecule has 0 aliphatic heterocycles. The number of phenols is 1. The molecule has 0 spiro atoms. The number of fused-ring (bicyclic) bond motifs is 1. The third kappa shape index (κ3) is 7.26. The van der Waals surface area contributed by atoms with E-state index in [-0.39, 0.29) is 28.8 Å². The summed E-state index contributed by atoms with van der Waals surface area (Å²) in [6.07, 6.45) is 2.18. The van der Waals surface area contributed by atoms with E-state index in [9.17, 15) is 14.7 Å². The van der Waals surface area contributed by atoms with Crippen LogP contribution >= 0.6 is 11.6 Å². The molecule has 2 amide bonds. The number of aromatic hydroxyl groups is 1. The summed E-state index contributed by atoms with van der Waals surface area (Å²) in [5.41, 5.74) is 4.49. The minimum Gasteiger partial charge on any atom is -0.506 e. The lowest BCUT2D eigenvalue weighted by atomic mass is 10.0. The zero-order valence-electron chi connectivity index (χ0n) is 22.9. The highest BCUT2D eigenvalue weighted by molar-refractivity contribution is 6.32. The van der Waals surface area contributed by atoms with Crippen molar-refractivity contribution in [3.05, 3.63) is 94.5 Å². The van der Waals surface area contributed by atoms with Crippen molar-refractivity contribution in [2.24, 2.45) is 5.10 Å². The van der Waals surface area contributed by atoms with Crippen molar-refractivity contribution in [2.45, 2.75) is 6.42 Å². The van der Waals surface area contributed by atoms with Crippen LogP contribution in [0.5, 0.6) is 23.0 Å². The Hall–Kier alpha value is -4.76. The van der Waals surface area contributed by atoms with E-state index in [4.69, 9.17) is 25.8 Å². The van der Waals surface area contributed by atoms with E-state index < -0.39 is 5.91 Å². The molecule has 0 heterocycles. The van der Waals surface area contributed by atoms with Gasteiger partial charge in [0.25, 0.3) is 11.8 Å². The quantitative estimate of drug-likeness (QED) is 0.191. The lowest BCUT2D eigenvalue weighted by Crippen LogP contribution is -2.33. The van der Waals surface area contributed by atoms with Crippen molar-refractivity contribution in [2.75, 3.05) is 34.4 Å². The maximum atomic E-state index is 12.8. The Morgan fingerprint density at radius 3 is 2.41 bits per heavy atom.